The minimum absolute atomic E-state index is 0.00509. The van der Waals surface area contributed by atoms with Gasteiger partial charge in [0.05, 0.1) is 11.4 Å². The summed E-state index contributed by atoms with van der Waals surface area (Å²) < 4.78 is 0. The van der Waals surface area contributed by atoms with E-state index < -0.39 is 0 Å². The molecule has 0 atom stereocenters. The maximum Gasteiger partial charge on any atom is 0.0739 e. The Labute approximate surface area is 157 Å². The van der Waals surface area contributed by atoms with Gasteiger partial charge in [-0.25, -0.2) is 0 Å². The molecule has 0 aliphatic heterocycles. The molecule has 134 valence electrons. The van der Waals surface area contributed by atoms with E-state index in [4.69, 9.17) is 9.97 Å². The summed E-state index contributed by atoms with van der Waals surface area (Å²) in [6.45, 7) is 11.1. The number of hydrogen-bond acceptors (Lipinski definition) is 2. The highest BCUT2D eigenvalue weighted by atomic mass is 14.7. The van der Waals surface area contributed by atoms with E-state index in [1.54, 1.807) is 0 Å². The molecule has 1 aromatic carbocycles. The Morgan fingerprint density at radius 1 is 0.846 bits per heavy atom. The van der Waals surface area contributed by atoms with Crippen molar-refractivity contribution in [3.05, 3.63) is 71.5 Å². The zero-order valence-electron chi connectivity index (χ0n) is 16.5. The van der Waals surface area contributed by atoms with Gasteiger partial charge in [-0.1, -0.05) is 71.0 Å². The molecule has 2 heterocycles. The number of aryl methyl sites for hydroxylation is 2. The molecule has 2 nitrogen and oxygen atoms in total. The first-order valence-corrected chi connectivity index (χ1v) is 9.49. The first kappa shape index (κ1) is 18.3. The summed E-state index contributed by atoms with van der Waals surface area (Å²) in [5.74, 6) is 0. The average molecular weight is 345 g/mol. The first-order chi connectivity index (χ1) is 12.4. The van der Waals surface area contributed by atoms with E-state index >= 15 is 0 Å². The van der Waals surface area contributed by atoms with E-state index in [2.05, 4.69) is 77.1 Å². The molecule has 2 heteroatoms. The quantitative estimate of drug-likeness (QED) is 0.560. The molecule has 0 unspecified atom stereocenters. The predicted molar refractivity (Wildman–Crippen MR) is 110 cm³/mol. The van der Waals surface area contributed by atoms with Crippen LogP contribution in [-0.2, 0) is 18.3 Å². The number of benzene rings is 1. The Morgan fingerprint density at radius 2 is 1.58 bits per heavy atom. The van der Waals surface area contributed by atoms with Crippen LogP contribution in [0.2, 0.25) is 0 Å². The van der Waals surface area contributed by atoms with E-state index in [-0.39, 0.29) is 5.41 Å². The zero-order chi connectivity index (χ0) is 18.7. The molecule has 26 heavy (non-hydrogen) atoms. The van der Waals surface area contributed by atoms with Crippen molar-refractivity contribution in [2.24, 2.45) is 0 Å². The van der Waals surface area contributed by atoms with Gasteiger partial charge >= 0.3 is 0 Å². The molecule has 0 aliphatic rings. The van der Waals surface area contributed by atoms with Gasteiger partial charge < -0.3 is 0 Å². The van der Waals surface area contributed by atoms with Crippen LogP contribution < -0.4 is 0 Å². The Bertz CT molecular complexity index is 890. The van der Waals surface area contributed by atoms with Crippen molar-refractivity contribution < 1.29 is 0 Å². The highest BCUT2D eigenvalue weighted by molar-refractivity contribution is 5.69. The topological polar surface area (TPSA) is 25.8 Å². The molecular formula is C24H28N2. The Morgan fingerprint density at radius 3 is 2.19 bits per heavy atom. The van der Waals surface area contributed by atoms with Crippen molar-refractivity contribution in [1.82, 2.24) is 9.97 Å². The maximum absolute atomic E-state index is 4.92. The number of nitrogens with zero attached hydrogens (tertiary/aromatic N) is 2. The Kier molecular flexibility index (Phi) is 5.22. The van der Waals surface area contributed by atoms with Crippen LogP contribution in [-0.4, -0.2) is 9.97 Å². The first-order valence-electron chi connectivity index (χ1n) is 9.49. The Hall–Kier alpha value is -2.48. The van der Waals surface area contributed by atoms with Crippen molar-refractivity contribution in [2.75, 3.05) is 0 Å². The molecule has 0 spiro atoms. The molecule has 0 N–H and O–H groups in total. The van der Waals surface area contributed by atoms with Gasteiger partial charge in [0, 0.05) is 23.0 Å². The van der Waals surface area contributed by atoms with Gasteiger partial charge in [0.1, 0.15) is 0 Å². The summed E-state index contributed by atoms with van der Waals surface area (Å²) in [5.41, 5.74) is 8.10. The third-order valence-corrected chi connectivity index (χ3v) is 4.82. The minimum atomic E-state index is 0.00509. The molecule has 0 bridgehead atoms. The smallest absolute Gasteiger partial charge is 0.0739 e. The molecule has 0 aliphatic carbocycles. The highest BCUT2D eigenvalue weighted by Gasteiger charge is 2.21. The van der Waals surface area contributed by atoms with Crippen LogP contribution in [0.3, 0.4) is 0 Å². The van der Waals surface area contributed by atoms with Crippen LogP contribution in [0.4, 0.5) is 0 Å². The molecule has 2 aromatic heterocycles. The van der Waals surface area contributed by atoms with Crippen molar-refractivity contribution >= 4 is 0 Å². The lowest BCUT2D eigenvalue weighted by atomic mass is 9.83. The van der Waals surface area contributed by atoms with Gasteiger partial charge in [-0.3, -0.25) is 9.97 Å². The summed E-state index contributed by atoms with van der Waals surface area (Å²) in [4.78, 5) is 9.77. The van der Waals surface area contributed by atoms with Crippen molar-refractivity contribution in [1.29, 1.82) is 0 Å². The summed E-state index contributed by atoms with van der Waals surface area (Å²) >= 11 is 0. The van der Waals surface area contributed by atoms with Crippen LogP contribution in [0.15, 0.2) is 54.7 Å². The van der Waals surface area contributed by atoms with E-state index in [0.717, 1.165) is 35.4 Å². The van der Waals surface area contributed by atoms with Crippen molar-refractivity contribution in [3.63, 3.8) is 0 Å². The fourth-order valence-electron chi connectivity index (χ4n) is 3.32. The maximum atomic E-state index is 4.92. The molecule has 0 fully saturated rings. The zero-order valence-corrected chi connectivity index (χ0v) is 16.5. The monoisotopic (exact) mass is 344 g/mol. The van der Waals surface area contributed by atoms with Gasteiger partial charge in [0.15, 0.2) is 0 Å². The number of aromatic nitrogens is 2. The van der Waals surface area contributed by atoms with Gasteiger partial charge in [-0.15, -0.1) is 0 Å². The molecule has 3 aromatic rings. The number of pyridine rings is 2. The van der Waals surface area contributed by atoms with E-state index in [1.165, 1.54) is 16.8 Å². The van der Waals surface area contributed by atoms with Crippen LogP contribution in [0.1, 0.15) is 51.4 Å². The summed E-state index contributed by atoms with van der Waals surface area (Å²) in [6, 6.07) is 17.0. The fourth-order valence-corrected chi connectivity index (χ4v) is 3.32. The third kappa shape index (κ3) is 3.70. The third-order valence-electron chi connectivity index (χ3n) is 4.82. The molecule has 0 saturated carbocycles. The molecule has 0 amide bonds. The second kappa shape index (κ2) is 7.41. The second-order valence-corrected chi connectivity index (χ2v) is 7.75. The van der Waals surface area contributed by atoms with Gasteiger partial charge in [0.25, 0.3) is 0 Å². The summed E-state index contributed by atoms with van der Waals surface area (Å²) in [7, 11) is 0. The fraction of sp³-hybridized carbons (Fsp3) is 0.333. The average Bonchev–Trinajstić information content (AvgIpc) is 2.67. The standard InChI is InChI=1S/C24H28N2/c1-6-17-13-14-22(26-21(17)7-2)19-15-20(24(3,4)5)23(25-16-19)18-11-9-8-10-12-18/h8-16H,6-7H2,1-5H3. The van der Waals surface area contributed by atoms with Crippen molar-refractivity contribution in [3.8, 4) is 22.5 Å². The van der Waals surface area contributed by atoms with Gasteiger partial charge in [0.2, 0.25) is 0 Å². The Balaban J connectivity index is 2.14. The van der Waals surface area contributed by atoms with E-state index in [9.17, 15) is 0 Å². The van der Waals surface area contributed by atoms with Crippen LogP contribution in [0, 0.1) is 0 Å². The summed E-state index contributed by atoms with van der Waals surface area (Å²) in [5, 5.41) is 0. The minimum Gasteiger partial charge on any atom is -0.255 e. The van der Waals surface area contributed by atoms with Crippen LogP contribution in [0.5, 0.6) is 0 Å². The lowest BCUT2D eigenvalue weighted by Gasteiger charge is -2.23. The lowest BCUT2D eigenvalue weighted by Crippen LogP contribution is -2.14. The second-order valence-electron chi connectivity index (χ2n) is 7.75. The predicted octanol–water partition coefficient (Wildman–Crippen LogP) is 6.23. The summed E-state index contributed by atoms with van der Waals surface area (Å²) in [6.07, 6.45) is 3.94. The van der Waals surface area contributed by atoms with E-state index in [0.29, 0.717) is 0 Å². The SMILES string of the molecule is CCc1ccc(-c2cnc(-c3ccccc3)c(C(C)(C)C)c2)nc1CC. The lowest BCUT2D eigenvalue weighted by molar-refractivity contribution is 0.590. The molecule has 3 rings (SSSR count). The normalized spacial score (nSPS) is 11.6. The number of rotatable bonds is 4. The van der Waals surface area contributed by atoms with Gasteiger partial charge in [-0.05, 0) is 41.5 Å². The van der Waals surface area contributed by atoms with E-state index in [1.807, 2.05) is 12.3 Å². The molecule has 0 saturated heterocycles. The van der Waals surface area contributed by atoms with Gasteiger partial charge in [-0.2, -0.15) is 0 Å². The highest BCUT2D eigenvalue weighted by Crippen LogP contribution is 2.34. The molecular weight excluding hydrogens is 316 g/mol. The van der Waals surface area contributed by atoms with Crippen molar-refractivity contribution in [2.45, 2.75) is 52.9 Å². The van der Waals surface area contributed by atoms with Crippen LogP contribution >= 0.6 is 0 Å². The van der Waals surface area contributed by atoms with Crippen LogP contribution in [0.25, 0.3) is 22.5 Å². The number of hydrogen-bond donors (Lipinski definition) is 0. The molecule has 0 radical (unpaired) electrons. The largest absolute Gasteiger partial charge is 0.255 e.